The third-order valence-corrected chi connectivity index (χ3v) is 5.76. The van der Waals surface area contributed by atoms with Gasteiger partial charge < -0.3 is 9.52 Å². The van der Waals surface area contributed by atoms with Crippen molar-refractivity contribution in [3.63, 3.8) is 0 Å². The van der Waals surface area contributed by atoms with Crippen molar-refractivity contribution in [2.45, 2.75) is 26.2 Å². The van der Waals surface area contributed by atoms with Gasteiger partial charge in [-0.05, 0) is 29.5 Å². The molecule has 0 unspecified atom stereocenters. The number of rotatable bonds is 8. The summed E-state index contributed by atoms with van der Waals surface area (Å²) in [5.74, 6) is 0.0247. The highest BCUT2D eigenvalue weighted by Crippen LogP contribution is 2.42. The normalized spacial score (nSPS) is 10.8. The first kappa shape index (κ1) is 22.2. The molecule has 0 saturated carbocycles. The van der Waals surface area contributed by atoms with Crippen LogP contribution in [0.3, 0.4) is 0 Å². The maximum Gasteiger partial charge on any atom is 0.302 e. The van der Waals surface area contributed by atoms with E-state index in [0.717, 1.165) is 24.5 Å². The van der Waals surface area contributed by atoms with Crippen LogP contribution in [0.4, 0.5) is 11.7 Å². The molecule has 33 heavy (non-hydrogen) atoms. The largest absolute Gasteiger partial charge is 0.507 e. The van der Waals surface area contributed by atoms with Crippen molar-refractivity contribution in [2.24, 2.45) is 0 Å². The number of anilines is 1. The quantitative estimate of drug-likeness (QED) is 0.228. The van der Waals surface area contributed by atoms with Crippen molar-refractivity contribution in [1.82, 2.24) is 4.98 Å². The molecule has 0 aliphatic carbocycles. The van der Waals surface area contributed by atoms with Crippen LogP contribution in [0.25, 0.3) is 33.7 Å². The van der Waals surface area contributed by atoms with E-state index in [0.29, 0.717) is 34.6 Å². The van der Waals surface area contributed by atoms with Gasteiger partial charge in [-0.15, -0.1) is 0 Å². The Morgan fingerprint density at radius 1 is 1.18 bits per heavy atom. The lowest BCUT2D eigenvalue weighted by molar-refractivity contribution is -0.384. The Morgan fingerprint density at radius 2 is 1.97 bits per heavy atom. The van der Waals surface area contributed by atoms with Crippen molar-refractivity contribution in [3.8, 4) is 39.5 Å². The van der Waals surface area contributed by atoms with Gasteiger partial charge in [-0.2, -0.15) is 16.3 Å². The van der Waals surface area contributed by atoms with E-state index in [2.05, 4.69) is 10.3 Å². The first-order valence-electron chi connectivity index (χ1n) is 10.4. The molecule has 0 fully saturated rings. The smallest absolute Gasteiger partial charge is 0.302 e. The molecular formula is C24H21N3O5S. The molecule has 0 aliphatic heterocycles. The molecule has 1 amide bonds. The first-order chi connectivity index (χ1) is 16.0. The Bertz CT molecular complexity index is 1300. The number of carbonyl (C=O) groups is 1. The molecule has 9 heteroatoms. The predicted molar refractivity (Wildman–Crippen MR) is 127 cm³/mol. The van der Waals surface area contributed by atoms with Crippen LogP contribution in [0.5, 0.6) is 5.75 Å². The number of hydrogen-bond donors (Lipinski definition) is 2. The first-order valence-corrected chi connectivity index (χ1v) is 11.3. The molecule has 168 valence electrons. The lowest BCUT2D eigenvalue weighted by Crippen LogP contribution is -2.11. The molecule has 2 aromatic carbocycles. The Morgan fingerprint density at radius 3 is 2.64 bits per heavy atom. The molecule has 2 N–H and O–H groups in total. The van der Waals surface area contributed by atoms with Gasteiger partial charge in [0.25, 0.3) is 5.69 Å². The highest BCUT2D eigenvalue weighted by molar-refractivity contribution is 7.08. The van der Waals surface area contributed by atoms with Gasteiger partial charge in [-0.1, -0.05) is 37.6 Å². The van der Waals surface area contributed by atoms with Gasteiger partial charge in [0.1, 0.15) is 11.4 Å². The van der Waals surface area contributed by atoms with E-state index < -0.39 is 4.92 Å². The van der Waals surface area contributed by atoms with Crippen LogP contribution in [0.15, 0.2) is 63.7 Å². The maximum atomic E-state index is 12.2. The van der Waals surface area contributed by atoms with Gasteiger partial charge in [-0.25, -0.2) is 0 Å². The van der Waals surface area contributed by atoms with Crippen molar-refractivity contribution in [1.29, 1.82) is 0 Å². The summed E-state index contributed by atoms with van der Waals surface area (Å²) in [5.41, 5.74) is 2.83. The van der Waals surface area contributed by atoms with E-state index in [1.165, 1.54) is 23.5 Å². The fraction of sp³-hybridized carbons (Fsp3) is 0.167. The SMILES string of the molecule is CCCCC(=O)Nc1nc(-c2ccsc2)c(-c2ccccc2-c2ccc([N+](=O)[O-])cc2O)o1. The second-order valence-corrected chi connectivity index (χ2v) is 8.14. The molecule has 2 aromatic heterocycles. The summed E-state index contributed by atoms with van der Waals surface area (Å²) in [6.07, 6.45) is 2.03. The number of phenolic OH excluding ortho intramolecular Hbond substituents is 1. The number of nitrogens with one attached hydrogen (secondary N) is 1. The number of phenols is 1. The summed E-state index contributed by atoms with van der Waals surface area (Å²) < 4.78 is 6.01. The second kappa shape index (κ2) is 9.66. The Kier molecular flexibility index (Phi) is 6.50. The third-order valence-electron chi connectivity index (χ3n) is 5.08. The highest BCUT2D eigenvalue weighted by Gasteiger charge is 2.22. The lowest BCUT2D eigenvalue weighted by Gasteiger charge is -2.10. The number of aromatic hydroxyl groups is 1. The summed E-state index contributed by atoms with van der Waals surface area (Å²) in [6, 6.07) is 13.2. The van der Waals surface area contributed by atoms with Crippen LogP contribution in [-0.2, 0) is 4.79 Å². The zero-order valence-corrected chi connectivity index (χ0v) is 18.6. The van der Waals surface area contributed by atoms with Gasteiger partial charge >= 0.3 is 6.01 Å². The number of non-ortho nitro benzene ring substituents is 1. The number of aromatic nitrogens is 1. The molecule has 0 spiro atoms. The number of unbranched alkanes of at least 4 members (excludes halogenated alkanes) is 1. The van der Waals surface area contributed by atoms with Crippen molar-refractivity contribution < 1.29 is 19.2 Å². The number of nitro benzene ring substituents is 1. The molecule has 0 saturated heterocycles. The Balaban J connectivity index is 1.81. The van der Waals surface area contributed by atoms with E-state index in [1.54, 1.807) is 12.1 Å². The number of amides is 1. The average Bonchev–Trinajstić information content (AvgIpc) is 3.47. The standard InChI is InChI=1S/C24H21N3O5S/c1-2-3-8-21(29)25-24-26-22(15-11-12-33-14-15)23(32-24)19-7-5-4-6-17(19)18-10-9-16(27(30)31)13-20(18)28/h4-7,9-14,28H,2-3,8H2,1H3,(H,25,26,29). The van der Waals surface area contributed by atoms with Crippen LogP contribution in [0.2, 0.25) is 0 Å². The highest BCUT2D eigenvalue weighted by atomic mass is 32.1. The van der Waals surface area contributed by atoms with Gasteiger partial charge in [0, 0.05) is 34.6 Å². The molecule has 2 heterocycles. The fourth-order valence-corrected chi connectivity index (χ4v) is 4.09. The van der Waals surface area contributed by atoms with E-state index in [1.807, 2.05) is 35.9 Å². The van der Waals surface area contributed by atoms with Crippen molar-refractivity contribution in [3.05, 3.63) is 69.4 Å². The fourth-order valence-electron chi connectivity index (χ4n) is 3.45. The van der Waals surface area contributed by atoms with E-state index in [9.17, 15) is 20.0 Å². The minimum atomic E-state index is -0.561. The molecular weight excluding hydrogens is 442 g/mol. The molecule has 0 atom stereocenters. The zero-order valence-electron chi connectivity index (χ0n) is 17.8. The van der Waals surface area contributed by atoms with E-state index in [-0.39, 0.29) is 23.4 Å². The molecule has 8 nitrogen and oxygen atoms in total. The maximum absolute atomic E-state index is 12.2. The van der Waals surface area contributed by atoms with Crippen LogP contribution in [-0.4, -0.2) is 20.9 Å². The van der Waals surface area contributed by atoms with Crippen molar-refractivity contribution >= 4 is 28.9 Å². The van der Waals surface area contributed by atoms with Crippen molar-refractivity contribution in [2.75, 3.05) is 5.32 Å². The van der Waals surface area contributed by atoms with Gasteiger partial charge in [0.15, 0.2) is 5.76 Å². The third kappa shape index (κ3) is 4.78. The minimum absolute atomic E-state index is 0.0926. The summed E-state index contributed by atoms with van der Waals surface area (Å²) in [4.78, 5) is 27.3. The molecule has 4 rings (SSSR count). The zero-order chi connectivity index (χ0) is 23.4. The van der Waals surface area contributed by atoms with Crippen LogP contribution in [0, 0.1) is 10.1 Å². The van der Waals surface area contributed by atoms with Crippen LogP contribution < -0.4 is 5.32 Å². The monoisotopic (exact) mass is 463 g/mol. The number of oxazole rings is 1. The molecule has 0 radical (unpaired) electrons. The number of hydrogen-bond acceptors (Lipinski definition) is 7. The summed E-state index contributed by atoms with van der Waals surface area (Å²) >= 11 is 1.51. The van der Waals surface area contributed by atoms with Gasteiger partial charge in [-0.3, -0.25) is 20.2 Å². The van der Waals surface area contributed by atoms with Gasteiger partial charge in [0.2, 0.25) is 5.91 Å². The van der Waals surface area contributed by atoms with Crippen LogP contribution in [0.1, 0.15) is 26.2 Å². The van der Waals surface area contributed by atoms with E-state index >= 15 is 0 Å². The predicted octanol–water partition coefficient (Wildman–Crippen LogP) is 6.48. The Hall–Kier alpha value is -3.98. The number of benzene rings is 2. The molecule has 0 aliphatic rings. The average molecular weight is 464 g/mol. The summed E-state index contributed by atoms with van der Waals surface area (Å²) in [6.45, 7) is 2.01. The van der Waals surface area contributed by atoms with Gasteiger partial charge in [0.05, 0.1) is 11.0 Å². The number of carbonyl (C=O) groups excluding carboxylic acids is 1. The summed E-state index contributed by atoms with van der Waals surface area (Å²) in [7, 11) is 0. The number of nitro groups is 1. The minimum Gasteiger partial charge on any atom is -0.507 e. The van der Waals surface area contributed by atoms with Crippen LogP contribution >= 0.6 is 11.3 Å². The Labute approximate surface area is 193 Å². The molecule has 4 aromatic rings. The number of nitrogens with zero attached hydrogens (tertiary/aromatic N) is 2. The topological polar surface area (TPSA) is 118 Å². The number of thiophene rings is 1. The summed E-state index contributed by atoms with van der Waals surface area (Å²) in [5, 5.41) is 28.1. The second-order valence-electron chi connectivity index (χ2n) is 7.36. The lowest BCUT2D eigenvalue weighted by atomic mass is 9.95. The van der Waals surface area contributed by atoms with E-state index in [4.69, 9.17) is 4.42 Å². The molecule has 0 bridgehead atoms.